The zero-order valence-electron chi connectivity index (χ0n) is 16.5. The maximum atomic E-state index is 12.9. The van der Waals surface area contributed by atoms with Crippen molar-refractivity contribution in [1.29, 1.82) is 0 Å². The number of aromatic nitrogens is 1. The number of carbonyl (C=O) groups is 2. The van der Waals surface area contributed by atoms with Crippen LogP contribution in [-0.4, -0.2) is 22.5 Å². The van der Waals surface area contributed by atoms with Crippen molar-refractivity contribution in [2.75, 3.05) is 5.32 Å². The second kappa shape index (κ2) is 8.91. The van der Waals surface area contributed by atoms with Gasteiger partial charge in [-0.15, -0.1) is 0 Å². The van der Waals surface area contributed by atoms with E-state index in [9.17, 15) is 9.59 Å². The molecule has 2 N–H and O–H groups in total. The van der Waals surface area contributed by atoms with Crippen molar-refractivity contribution < 1.29 is 14.0 Å². The Balaban J connectivity index is 1.59. The molecule has 1 aliphatic carbocycles. The van der Waals surface area contributed by atoms with Gasteiger partial charge in [-0.1, -0.05) is 23.2 Å². The van der Waals surface area contributed by atoms with E-state index in [2.05, 4.69) is 20.8 Å². The normalized spacial score (nSPS) is 14.2. The lowest BCUT2D eigenvalue weighted by Gasteiger charge is -2.13. The van der Waals surface area contributed by atoms with Gasteiger partial charge in [-0.2, -0.15) is 5.10 Å². The second-order valence-corrected chi connectivity index (χ2v) is 7.87. The minimum atomic E-state index is -0.435. The van der Waals surface area contributed by atoms with E-state index < -0.39 is 5.91 Å². The van der Waals surface area contributed by atoms with E-state index in [-0.39, 0.29) is 11.7 Å². The molecule has 1 aliphatic rings. The van der Waals surface area contributed by atoms with Gasteiger partial charge in [0.2, 0.25) is 0 Å². The summed E-state index contributed by atoms with van der Waals surface area (Å²) in [4.78, 5) is 29.1. The Labute approximate surface area is 188 Å². The Kier molecular flexibility index (Phi) is 6.06. The van der Waals surface area contributed by atoms with Crippen LogP contribution in [0, 0.1) is 6.92 Å². The van der Waals surface area contributed by atoms with E-state index in [0.717, 1.165) is 12.0 Å². The average Bonchev–Trinajstić information content (AvgIpc) is 3.12. The van der Waals surface area contributed by atoms with E-state index in [4.69, 9.17) is 27.6 Å². The highest BCUT2D eigenvalue weighted by Gasteiger charge is 2.28. The van der Waals surface area contributed by atoms with E-state index >= 15 is 0 Å². The number of furan rings is 1. The summed E-state index contributed by atoms with van der Waals surface area (Å²) in [5.74, 6) is 0.0481. The lowest BCUT2D eigenvalue weighted by Crippen LogP contribution is -2.22. The monoisotopic (exact) mass is 456 g/mol. The number of amides is 2. The molecule has 0 saturated carbocycles. The van der Waals surface area contributed by atoms with Crippen LogP contribution in [-0.2, 0) is 6.42 Å². The molecule has 0 fully saturated rings. The number of carbonyl (C=O) groups excluding carboxylic acids is 2. The van der Waals surface area contributed by atoms with Crippen molar-refractivity contribution >= 4 is 46.4 Å². The number of nitrogens with zero attached hydrogens (tertiary/aromatic N) is 2. The minimum absolute atomic E-state index is 0.175. The molecule has 158 valence electrons. The molecule has 0 spiro atoms. The first-order valence-electron chi connectivity index (χ1n) is 9.60. The maximum Gasteiger partial charge on any atom is 0.291 e. The zero-order chi connectivity index (χ0) is 22.0. The van der Waals surface area contributed by atoms with Crippen molar-refractivity contribution in [2.45, 2.75) is 26.2 Å². The van der Waals surface area contributed by atoms with Gasteiger partial charge in [-0.25, -0.2) is 5.43 Å². The SMILES string of the molecule is Cc1c(C(=O)Nc2cc(Cl)ccc2Cl)oc2c1/C(=N/NC(=O)c1cccnc1)CCC2. The summed E-state index contributed by atoms with van der Waals surface area (Å²) in [6.07, 6.45) is 5.18. The van der Waals surface area contributed by atoms with Crippen molar-refractivity contribution in [3.8, 4) is 0 Å². The first-order chi connectivity index (χ1) is 14.9. The van der Waals surface area contributed by atoms with Crippen LogP contribution in [0.15, 0.2) is 52.2 Å². The highest BCUT2D eigenvalue weighted by Crippen LogP contribution is 2.31. The first kappa shape index (κ1) is 21.1. The Morgan fingerprint density at radius 2 is 2.00 bits per heavy atom. The molecule has 2 heterocycles. The van der Waals surface area contributed by atoms with Gasteiger partial charge in [-0.3, -0.25) is 14.6 Å². The van der Waals surface area contributed by atoms with Crippen LogP contribution in [0.25, 0.3) is 0 Å². The molecule has 7 nitrogen and oxygen atoms in total. The molecule has 4 rings (SSSR count). The Morgan fingerprint density at radius 1 is 1.16 bits per heavy atom. The molecule has 0 unspecified atom stereocenters. The lowest BCUT2D eigenvalue weighted by molar-refractivity contribution is 0.0953. The van der Waals surface area contributed by atoms with Crippen LogP contribution in [0.3, 0.4) is 0 Å². The summed E-state index contributed by atoms with van der Waals surface area (Å²) in [6, 6.07) is 8.15. The number of pyridine rings is 1. The molecular weight excluding hydrogens is 439 g/mol. The standard InChI is InChI=1S/C22H18Cl2N4O3/c1-12-19-16(27-28-21(29)13-4-3-9-25-11-13)5-2-6-18(19)31-20(12)22(30)26-17-10-14(23)7-8-15(17)24/h3-4,7-11H,2,5-6H2,1H3,(H,26,30)(H,28,29)/b27-16+. The average molecular weight is 457 g/mol. The first-order valence-corrected chi connectivity index (χ1v) is 10.4. The smallest absolute Gasteiger partial charge is 0.291 e. The van der Waals surface area contributed by atoms with E-state index in [1.807, 2.05) is 0 Å². The number of halogens is 2. The van der Waals surface area contributed by atoms with Crippen LogP contribution < -0.4 is 10.7 Å². The third-order valence-corrected chi connectivity index (χ3v) is 5.49. The number of fused-ring (bicyclic) bond motifs is 1. The fourth-order valence-electron chi connectivity index (χ4n) is 3.45. The number of hydrogen-bond acceptors (Lipinski definition) is 5. The van der Waals surface area contributed by atoms with Crippen LogP contribution in [0.4, 0.5) is 5.69 Å². The third-order valence-electron chi connectivity index (χ3n) is 4.92. The molecule has 2 aromatic heterocycles. The number of hydrogen-bond donors (Lipinski definition) is 2. The summed E-state index contributed by atoms with van der Waals surface area (Å²) >= 11 is 12.1. The van der Waals surface area contributed by atoms with Crippen molar-refractivity contribution in [1.82, 2.24) is 10.4 Å². The topological polar surface area (TPSA) is 96.6 Å². The molecule has 3 aromatic rings. The van der Waals surface area contributed by atoms with E-state index in [1.165, 1.54) is 6.20 Å². The van der Waals surface area contributed by atoms with Crippen LogP contribution in [0.2, 0.25) is 10.0 Å². The molecule has 0 saturated heterocycles. The van der Waals surface area contributed by atoms with Gasteiger partial charge in [0, 0.05) is 35.0 Å². The summed E-state index contributed by atoms with van der Waals surface area (Å²) in [5.41, 5.74) is 5.43. The molecule has 2 amide bonds. The molecule has 0 radical (unpaired) electrons. The Hall–Kier alpha value is -3.16. The number of hydrazone groups is 1. The quantitative estimate of drug-likeness (QED) is 0.538. The highest BCUT2D eigenvalue weighted by molar-refractivity contribution is 6.35. The van der Waals surface area contributed by atoms with Gasteiger partial charge in [0.15, 0.2) is 5.76 Å². The summed E-state index contributed by atoms with van der Waals surface area (Å²) in [6.45, 7) is 1.79. The second-order valence-electron chi connectivity index (χ2n) is 7.03. The lowest BCUT2D eigenvalue weighted by atomic mass is 9.93. The highest BCUT2D eigenvalue weighted by atomic mass is 35.5. The van der Waals surface area contributed by atoms with Crippen LogP contribution >= 0.6 is 23.2 Å². The molecule has 0 aliphatic heterocycles. The summed E-state index contributed by atoms with van der Waals surface area (Å²) in [7, 11) is 0. The fourth-order valence-corrected chi connectivity index (χ4v) is 3.79. The zero-order valence-corrected chi connectivity index (χ0v) is 18.0. The van der Waals surface area contributed by atoms with Gasteiger partial charge in [0.05, 0.1) is 22.0 Å². The molecule has 9 heteroatoms. The predicted molar refractivity (Wildman–Crippen MR) is 119 cm³/mol. The van der Waals surface area contributed by atoms with Gasteiger partial charge in [0.25, 0.3) is 11.8 Å². The van der Waals surface area contributed by atoms with Gasteiger partial charge >= 0.3 is 0 Å². The molecule has 1 aromatic carbocycles. The molecule has 0 bridgehead atoms. The summed E-state index contributed by atoms with van der Waals surface area (Å²) < 4.78 is 5.87. The van der Waals surface area contributed by atoms with Gasteiger partial charge in [0.1, 0.15) is 5.76 Å². The summed E-state index contributed by atoms with van der Waals surface area (Å²) in [5, 5.41) is 7.86. The number of rotatable bonds is 4. The predicted octanol–water partition coefficient (Wildman–Crippen LogP) is 5.01. The number of aryl methyl sites for hydroxylation is 1. The number of anilines is 1. The fraction of sp³-hybridized carbons (Fsp3) is 0.182. The van der Waals surface area contributed by atoms with Crippen LogP contribution in [0.5, 0.6) is 0 Å². The molecule has 0 atom stereocenters. The molecule has 31 heavy (non-hydrogen) atoms. The number of nitrogens with one attached hydrogen (secondary N) is 2. The van der Waals surface area contributed by atoms with Gasteiger partial charge < -0.3 is 9.73 Å². The van der Waals surface area contributed by atoms with Crippen LogP contribution in [0.1, 0.15) is 50.6 Å². The van der Waals surface area contributed by atoms with E-state index in [1.54, 1.807) is 43.5 Å². The van der Waals surface area contributed by atoms with E-state index in [0.29, 0.717) is 51.2 Å². The number of benzene rings is 1. The Morgan fingerprint density at radius 3 is 2.77 bits per heavy atom. The van der Waals surface area contributed by atoms with Crippen molar-refractivity contribution in [3.05, 3.63) is 81.0 Å². The third kappa shape index (κ3) is 4.47. The largest absolute Gasteiger partial charge is 0.455 e. The Bertz CT molecular complexity index is 1190. The van der Waals surface area contributed by atoms with Crippen molar-refractivity contribution in [3.63, 3.8) is 0 Å². The van der Waals surface area contributed by atoms with Gasteiger partial charge in [-0.05, 0) is 50.1 Å². The molecular formula is C22H18Cl2N4O3. The van der Waals surface area contributed by atoms with Crippen molar-refractivity contribution in [2.24, 2.45) is 5.10 Å². The minimum Gasteiger partial charge on any atom is -0.455 e. The maximum absolute atomic E-state index is 12.9.